The van der Waals surface area contributed by atoms with Gasteiger partial charge in [-0.15, -0.1) is 0 Å². The Morgan fingerprint density at radius 2 is 2.17 bits per heavy atom. The molecule has 1 fully saturated rings. The van der Waals surface area contributed by atoms with Crippen LogP contribution in [0.4, 0.5) is 15.8 Å². The first-order valence-corrected chi connectivity index (χ1v) is 12.1. The van der Waals surface area contributed by atoms with E-state index in [1.165, 1.54) is 13.2 Å². The Morgan fingerprint density at radius 3 is 3.06 bits per heavy atom. The fourth-order valence-corrected chi connectivity index (χ4v) is 5.51. The Bertz CT molecular complexity index is 1280. The lowest BCUT2D eigenvalue weighted by Gasteiger charge is -2.25. The molecule has 9 heteroatoms. The van der Waals surface area contributed by atoms with Crippen LogP contribution in [0.1, 0.15) is 41.2 Å². The number of nitrogens with one attached hydrogen (secondary N) is 3. The quantitative estimate of drug-likeness (QED) is 0.528. The van der Waals surface area contributed by atoms with E-state index in [4.69, 9.17) is 9.47 Å². The van der Waals surface area contributed by atoms with Crippen LogP contribution in [0.2, 0.25) is 0 Å². The summed E-state index contributed by atoms with van der Waals surface area (Å²) in [6, 6.07) is 6.58. The Hall–Kier alpha value is -3.59. The first-order valence-electron chi connectivity index (χ1n) is 12.1. The van der Waals surface area contributed by atoms with Crippen LogP contribution in [0.5, 0.6) is 11.5 Å². The fourth-order valence-electron chi connectivity index (χ4n) is 5.51. The largest absolute Gasteiger partial charge is 0.492 e. The molecular formula is C26H28FN5O3. The first kappa shape index (κ1) is 21.9. The smallest absolute Gasteiger partial charge is 0.255 e. The lowest BCUT2D eigenvalue weighted by Crippen LogP contribution is -2.35. The van der Waals surface area contributed by atoms with Gasteiger partial charge in [-0.25, -0.2) is 4.39 Å². The minimum absolute atomic E-state index is 0.0827. The van der Waals surface area contributed by atoms with Crippen LogP contribution in [0.25, 0.3) is 11.3 Å². The van der Waals surface area contributed by atoms with Crippen LogP contribution < -0.4 is 20.1 Å². The molecule has 3 unspecified atom stereocenters. The van der Waals surface area contributed by atoms with Gasteiger partial charge in [0.1, 0.15) is 11.9 Å². The third kappa shape index (κ3) is 3.89. The Kier molecular flexibility index (Phi) is 5.56. The Morgan fingerprint density at radius 1 is 1.26 bits per heavy atom. The molecule has 6 rings (SSSR count). The van der Waals surface area contributed by atoms with Gasteiger partial charge in [0.2, 0.25) is 0 Å². The van der Waals surface area contributed by atoms with Gasteiger partial charge in [-0.2, -0.15) is 0 Å². The van der Waals surface area contributed by atoms with Gasteiger partial charge in [-0.1, -0.05) is 6.07 Å². The number of amides is 1. The van der Waals surface area contributed by atoms with Crippen LogP contribution in [-0.2, 0) is 0 Å². The normalized spacial score (nSPS) is 23.1. The Labute approximate surface area is 202 Å². The van der Waals surface area contributed by atoms with E-state index in [9.17, 15) is 9.18 Å². The molecule has 0 saturated carbocycles. The lowest BCUT2D eigenvalue weighted by molar-refractivity contribution is 0.0939. The van der Waals surface area contributed by atoms with Gasteiger partial charge in [0.25, 0.3) is 5.91 Å². The molecule has 4 bridgehead atoms. The summed E-state index contributed by atoms with van der Waals surface area (Å²) in [4.78, 5) is 23.5. The summed E-state index contributed by atoms with van der Waals surface area (Å²) >= 11 is 0. The maximum atomic E-state index is 14.5. The van der Waals surface area contributed by atoms with Crippen molar-refractivity contribution in [2.75, 3.05) is 38.6 Å². The van der Waals surface area contributed by atoms with E-state index in [2.05, 4.69) is 25.5 Å². The number of aromatic amines is 1. The van der Waals surface area contributed by atoms with Crippen molar-refractivity contribution < 1.29 is 18.7 Å². The van der Waals surface area contributed by atoms with Crippen molar-refractivity contribution >= 4 is 17.3 Å². The van der Waals surface area contributed by atoms with Crippen molar-refractivity contribution in [2.24, 2.45) is 0 Å². The Balaban J connectivity index is 1.54. The van der Waals surface area contributed by atoms with Gasteiger partial charge < -0.3 is 25.1 Å². The number of carbonyl (C=O) groups excluding carboxylic acids is 1. The molecule has 35 heavy (non-hydrogen) atoms. The van der Waals surface area contributed by atoms with Gasteiger partial charge >= 0.3 is 0 Å². The molecule has 0 spiro atoms. The summed E-state index contributed by atoms with van der Waals surface area (Å²) in [5.41, 5.74) is 3.97. The van der Waals surface area contributed by atoms with Crippen molar-refractivity contribution in [2.45, 2.75) is 31.3 Å². The number of hydrogen-bond acceptors (Lipinski definition) is 6. The number of benzene rings is 1. The second kappa shape index (κ2) is 8.88. The van der Waals surface area contributed by atoms with Crippen LogP contribution in [-0.4, -0.2) is 60.2 Å². The highest BCUT2D eigenvalue weighted by molar-refractivity contribution is 6.07. The second-order valence-electron chi connectivity index (χ2n) is 9.36. The van der Waals surface area contributed by atoms with E-state index in [-0.39, 0.29) is 23.7 Å². The predicted octanol–water partition coefficient (Wildman–Crippen LogP) is 4.04. The number of anilines is 2. The molecule has 3 N–H and O–H groups in total. The number of aromatic nitrogens is 2. The monoisotopic (exact) mass is 477 g/mol. The number of pyridine rings is 1. The van der Waals surface area contributed by atoms with Gasteiger partial charge in [0, 0.05) is 43.0 Å². The van der Waals surface area contributed by atoms with Crippen LogP contribution in [0.3, 0.4) is 0 Å². The summed E-state index contributed by atoms with van der Waals surface area (Å²) in [6.07, 6.45) is 6.45. The lowest BCUT2D eigenvalue weighted by atomic mass is 9.92. The van der Waals surface area contributed by atoms with Gasteiger partial charge in [0.15, 0.2) is 11.6 Å². The fraction of sp³-hybridized carbons (Fsp3) is 0.385. The van der Waals surface area contributed by atoms with E-state index in [0.29, 0.717) is 29.2 Å². The summed E-state index contributed by atoms with van der Waals surface area (Å²) < 4.78 is 26.3. The number of hydrogen-bond donors (Lipinski definition) is 3. The number of carbonyl (C=O) groups is 1. The van der Waals surface area contributed by atoms with Gasteiger partial charge in [0.05, 0.1) is 35.9 Å². The van der Waals surface area contributed by atoms with Gasteiger partial charge in [-0.3, -0.25) is 14.7 Å². The molecule has 0 radical (unpaired) electrons. The number of H-pyrrole nitrogens is 1. The highest BCUT2D eigenvalue weighted by atomic mass is 19.1. The molecule has 8 nitrogen and oxygen atoms in total. The van der Waals surface area contributed by atoms with Crippen molar-refractivity contribution in [1.29, 1.82) is 0 Å². The van der Waals surface area contributed by atoms with E-state index in [1.54, 1.807) is 24.5 Å². The van der Waals surface area contributed by atoms with E-state index in [0.717, 1.165) is 55.8 Å². The van der Waals surface area contributed by atoms with E-state index >= 15 is 0 Å². The minimum Gasteiger partial charge on any atom is -0.492 e. The molecule has 5 heterocycles. The number of rotatable bonds is 3. The molecular weight excluding hydrogens is 449 g/mol. The zero-order valence-corrected chi connectivity index (χ0v) is 19.6. The van der Waals surface area contributed by atoms with E-state index < -0.39 is 5.82 Å². The molecule has 0 aliphatic carbocycles. The standard InChI is InChI=1S/C26H28FN5O3/c1-34-25-18(27)5-2-6-19(25)30-24-21-22-15(12-29-26(21)33)4-3-10-32-11-8-16(14-32)35-20-13-28-9-7-17(20)23(24)31-22/h2,5-7,9,13,15-16,30-31H,3-4,8,10-12,14H2,1H3,(H,29,33). The molecule has 3 aromatic rings. The SMILES string of the molecule is COc1c(F)cccc1Nc1c2[nH]c3c1C(=O)NCC3CCCN1CCC(C1)Oc1cnccc1-2. The maximum Gasteiger partial charge on any atom is 0.255 e. The number of nitrogens with zero attached hydrogens (tertiary/aromatic N) is 2. The second-order valence-corrected chi connectivity index (χ2v) is 9.36. The molecule has 1 aromatic carbocycles. The summed E-state index contributed by atoms with van der Waals surface area (Å²) in [5.74, 6) is 0.253. The molecule has 1 amide bonds. The molecule has 3 aliphatic rings. The van der Waals surface area contributed by atoms with Crippen molar-refractivity contribution in [3.63, 3.8) is 0 Å². The summed E-state index contributed by atoms with van der Waals surface area (Å²) in [7, 11) is 1.43. The third-order valence-corrected chi connectivity index (χ3v) is 7.21. The van der Waals surface area contributed by atoms with E-state index in [1.807, 2.05) is 6.07 Å². The highest BCUT2D eigenvalue weighted by Gasteiger charge is 2.35. The highest BCUT2D eigenvalue weighted by Crippen LogP contribution is 2.44. The van der Waals surface area contributed by atoms with Crippen molar-refractivity contribution in [3.05, 3.63) is 53.7 Å². The average molecular weight is 478 g/mol. The summed E-state index contributed by atoms with van der Waals surface area (Å²) in [5, 5.41) is 6.38. The van der Waals surface area contributed by atoms with Gasteiger partial charge in [-0.05, 0) is 44.0 Å². The van der Waals surface area contributed by atoms with Crippen LogP contribution in [0, 0.1) is 5.82 Å². The number of ether oxygens (including phenoxy) is 2. The minimum atomic E-state index is -0.480. The summed E-state index contributed by atoms with van der Waals surface area (Å²) in [6.45, 7) is 3.49. The predicted molar refractivity (Wildman–Crippen MR) is 130 cm³/mol. The van der Waals surface area contributed by atoms with Crippen molar-refractivity contribution in [3.8, 4) is 22.8 Å². The molecule has 3 aliphatic heterocycles. The maximum absolute atomic E-state index is 14.5. The zero-order valence-electron chi connectivity index (χ0n) is 19.6. The molecule has 3 atom stereocenters. The zero-order chi connectivity index (χ0) is 23.9. The van der Waals surface area contributed by atoms with Crippen LogP contribution in [0.15, 0.2) is 36.7 Å². The number of halogens is 1. The topological polar surface area (TPSA) is 91.5 Å². The third-order valence-electron chi connectivity index (χ3n) is 7.21. The van der Waals surface area contributed by atoms with Crippen LogP contribution >= 0.6 is 0 Å². The molecule has 2 aromatic heterocycles. The van der Waals surface area contributed by atoms with Crippen molar-refractivity contribution in [1.82, 2.24) is 20.2 Å². The number of para-hydroxylation sites is 1. The number of fused-ring (bicyclic) bond motifs is 5. The first-order chi connectivity index (χ1) is 17.1. The number of methoxy groups -OCH3 is 1. The molecule has 1 saturated heterocycles. The molecule has 182 valence electrons. The average Bonchev–Trinajstić information content (AvgIpc) is 3.46.